The highest BCUT2D eigenvalue weighted by Gasteiger charge is 2.45. The first-order valence-corrected chi connectivity index (χ1v) is 7.95. The number of carboxylic acid groups (broad SMARTS) is 1. The number of carboxylic acids is 1. The molecule has 1 unspecified atom stereocenters. The van der Waals surface area contributed by atoms with E-state index in [1.165, 1.54) is 0 Å². The zero-order chi connectivity index (χ0) is 16.3. The van der Waals surface area contributed by atoms with Gasteiger partial charge in [-0.1, -0.05) is 19.8 Å². The van der Waals surface area contributed by atoms with Gasteiger partial charge in [0.15, 0.2) is 0 Å². The summed E-state index contributed by atoms with van der Waals surface area (Å²) in [5.74, 6) is -0.907. The third kappa shape index (κ3) is 3.89. The van der Waals surface area contributed by atoms with Gasteiger partial charge in [-0.15, -0.1) is 0 Å². The van der Waals surface area contributed by atoms with E-state index < -0.39 is 16.9 Å². The quantitative estimate of drug-likeness (QED) is 0.837. The maximum atomic E-state index is 12.6. The summed E-state index contributed by atoms with van der Waals surface area (Å²) >= 11 is 0. The molecule has 0 spiro atoms. The number of hydrogen-bond acceptors (Lipinski definition) is 2. The van der Waals surface area contributed by atoms with Crippen LogP contribution in [0.15, 0.2) is 0 Å². The van der Waals surface area contributed by atoms with Crippen LogP contribution in [-0.2, 0) is 4.79 Å². The number of urea groups is 1. The van der Waals surface area contributed by atoms with Crippen LogP contribution in [-0.4, -0.2) is 40.1 Å². The third-order valence-electron chi connectivity index (χ3n) is 5.13. The van der Waals surface area contributed by atoms with Crippen molar-refractivity contribution in [3.8, 4) is 0 Å². The van der Waals surface area contributed by atoms with Gasteiger partial charge in [0.2, 0.25) is 0 Å². The fraction of sp³-hybridized carbons (Fsp3) is 0.875. The average molecular weight is 298 g/mol. The van der Waals surface area contributed by atoms with Gasteiger partial charge in [-0.2, -0.15) is 0 Å². The molecule has 5 heteroatoms. The molecule has 0 radical (unpaired) electrons. The lowest BCUT2D eigenvalue weighted by atomic mass is 9.74. The van der Waals surface area contributed by atoms with Crippen LogP contribution in [0, 0.1) is 5.41 Å². The van der Waals surface area contributed by atoms with E-state index in [4.69, 9.17) is 0 Å². The number of nitrogens with zero attached hydrogens (tertiary/aromatic N) is 1. The minimum absolute atomic E-state index is 0.136. The van der Waals surface area contributed by atoms with Gasteiger partial charge in [-0.25, -0.2) is 4.79 Å². The minimum Gasteiger partial charge on any atom is -0.481 e. The molecule has 1 aliphatic heterocycles. The molecule has 0 bridgehead atoms. The van der Waals surface area contributed by atoms with E-state index >= 15 is 0 Å². The van der Waals surface area contributed by atoms with E-state index in [0.717, 1.165) is 38.6 Å². The summed E-state index contributed by atoms with van der Waals surface area (Å²) in [4.78, 5) is 26.0. The summed E-state index contributed by atoms with van der Waals surface area (Å²) in [7, 11) is 0. The summed E-state index contributed by atoms with van der Waals surface area (Å²) in [5, 5.41) is 12.3. The van der Waals surface area contributed by atoms with Crippen molar-refractivity contribution in [1.29, 1.82) is 0 Å². The Bertz CT molecular complexity index is 391. The second kappa shape index (κ2) is 6.67. The van der Waals surface area contributed by atoms with Gasteiger partial charge in [-0.3, -0.25) is 4.79 Å². The van der Waals surface area contributed by atoms with Crippen molar-refractivity contribution in [3.63, 3.8) is 0 Å². The van der Waals surface area contributed by atoms with Gasteiger partial charge in [0.05, 0.1) is 11.0 Å². The van der Waals surface area contributed by atoms with Crippen LogP contribution < -0.4 is 5.32 Å². The molecular formula is C16H30N2O3. The van der Waals surface area contributed by atoms with E-state index in [9.17, 15) is 14.7 Å². The van der Waals surface area contributed by atoms with Gasteiger partial charge in [0.25, 0.3) is 0 Å². The van der Waals surface area contributed by atoms with E-state index in [1.807, 2.05) is 4.90 Å². The predicted octanol–water partition coefficient (Wildman–Crippen LogP) is 3.24. The number of carbonyl (C=O) groups excluding carboxylic acids is 1. The molecule has 0 aromatic heterocycles. The number of nitrogens with one attached hydrogen (secondary N) is 1. The molecule has 2 amide bonds. The van der Waals surface area contributed by atoms with Gasteiger partial charge in [-0.05, 0) is 47.0 Å². The maximum absolute atomic E-state index is 12.6. The smallest absolute Gasteiger partial charge is 0.318 e. The fourth-order valence-electron chi connectivity index (χ4n) is 2.63. The molecule has 0 aliphatic carbocycles. The number of hydrogen-bond donors (Lipinski definition) is 2. The number of aliphatic carboxylic acids is 1. The highest BCUT2D eigenvalue weighted by atomic mass is 16.4. The standard InChI is InChI=1S/C16H30N2O3/c1-6-12-10-8-7-9-11-18(12)14(21)17-16(4,5)15(2,3)13(19)20/h12H,6-11H2,1-5H3,(H,17,21)(H,19,20). The second-order valence-corrected chi connectivity index (χ2v) is 7.09. The van der Waals surface area contributed by atoms with Crippen LogP contribution in [0.5, 0.6) is 0 Å². The molecule has 21 heavy (non-hydrogen) atoms. The Morgan fingerprint density at radius 2 is 1.81 bits per heavy atom. The normalized spacial score (nSPS) is 20.8. The lowest BCUT2D eigenvalue weighted by molar-refractivity contribution is -0.150. The first-order valence-electron chi connectivity index (χ1n) is 7.95. The molecule has 0 aromatic rings. The Morgan fingerprint density at radius 3 is 2.33 bits per heavy atom. The maximum Gasteiger partial charge on any atom is 0.318 e. The molecule has 1 saturated heterocycles. The Labute approximate surface area is 128 Å². The van der Waals surface area contributed by atoms with Crippen molar-refractivity contribution in [2.24, 2.45) is 5.41 Å². The topological polar surface area (TPSA) is 69.6 Å². The second-order valence-electron chi connectivity index (χ2n) is 7.09. The lowest BCUT2D eigenvalue weighted by Gasteiger charge is -2.41. The first kappa shape index (κ1) is 17.8. The molecule has 122 valence electrons. The number of amides is 2. The van der Waals surface area contributed by atoms with Crippen LogP contribution in [0.2, 0.25) is 0 Å². The highest BCUT2D eigenvalue weighted by Crippen LogP contribution is 2.31. The molecule has 5 nitrogen and oxygen atoms in total. The Hall–Kier alpha value is -1.26. The SMILES string of the molecule is CCC1CCCCCN1C(=O)NC(C)(C)C(C)(C)C(=O)O. The van der Waals surface area contributed by atoms with E-state index in [0.29, 0.717) is 0 Å². The van der Waals surface area contributed by atoms with Crippen molar-refractivity contribution in [2.75, 3.05) is 6.54 Å². The Kier molecular flexibility index (Phi) is 5.65. The van der Waals surface area contributed by atoms with Gasteiger partial charge < -0.3 is 15.3 Å². The monoisotopic (exact) mass is 298 g/mol. The number of rotatable bonds is 4. The molecule has 0 aromatic carbocycles. The van der Waals surface area contributed by atoms with Gasteiger partial charge in [0, 0.05) is 12.6 Å². The highest BCUT2D eigenvalue weighted by molar-refractivity contribution is 5.80. The Balaban J connectivity index is 2.85. The van der Waals surface area contributed by atoms with Crippen molar-refractivity contribution in [1.82, 2.24) is 10.2 Å². The molecule has 1 rings (SSSR count). The number of carbonyl (C=O) groups is 2. The summed E-state index contributed by atoms with van der Waals surface area (Å²) in [6.07, 6.45) is 5.31. The Morgan fingerprint density at radius 1 is 1.19 bits per heavy atom. The molecule has 1 heterocycles. The average Bonchev–Trinajstić information content (AvgIpc) is 2.62. The van der Waals surface area contributed by atoms with Crippen LogP contribution in [0.1, 0.15) is 66.7 Å². The summed E-state index contributed by atoms with van der Waals surface area (Å²) < 4.78 is 0. The predicted molar refractivity (Wildman–Crippen MR) is 83.3 cm³/mol. The molecular weight excluding hydrogens is 268 g/mol. The third-order valence-corrected chi connectivity index (χ3v) is 5.13. The van der Waals surface area contributed by atoms with Crippen LogP contribution >= 0.6 is 0 Å². The summed E-state index contributed by atoms with van der Waals surface area (Å²) in [6, 6.07) is 0.124. The molecule has 1 fully saturated rings. The summed E-state index contributed by atoms with van der Waals surface area (Å²) in [6.45, 7) is 9.71. The summed E-state index contributed by atoms with van der Waals surface area (Å²) in [5.41, 5.74) is -1.85. The fourth-order valence-corrected chi connectivity index (χ4v) is 2.63. The van der Waals surface area contributed by atoms with E-state index in [-0.39, 0.29) is 12.1 Å². The van der Waals surface area contributed by atoms with Crippen LogP contribution in [0.3, 0.4) is 0 Å². The van der Waals surface area contributed by atoms with Crippen molar-refractivity contribution in [2.45, 2.75) is 78.3 Å². The number of likely N-dealkylation sites (tertiary alicyclic amines) is 1. The molecule has 0 saturated carbocycles. The molecule has 2 N–H and O–H groups in total. The van der Waals surface area contributed by atoms with Crippen molar-refractivity contribution < 1.29 is 14.7 Å². The van der Waals surface area contributed by atoms with Crippen LogP contribution in [0.25, 0.3) is 0 Å². The first-order chi connectivity index (χ1) is 9.63. The lowest BCUT2D eigenvalue weighted by Crippen LogP contribution is -2.60. The minimum atomic E-state index is -1.03. The zero-order valence-corrected chi connectivity index (χ0v) is 14.0. The zero-order valence-electron chi connectivity index (χ0n) is 14.0. The molecule has 1 atom stereocenters. The largest absolute Gasteiger partial charge is 0.481 e. The van der Waals surface area contributed by atoms with Crippen LogP contribution in [0.4, 0.5) is 4.79 Å². The van der Waals surface area contributed by atoms with Gasteiger partial charge >= 0.3 is 12.0 Å². The van der Waals surface area contributed by atoms with Gasteiger partial charge in [0.1, 0.15) is 0 Å². The van der Waals surface area contributed by atoms with Crippen molar-refractivity contribution in [3.05, 3.63) is 0 Å². The van der Waals surface area contributed by atoms with Crippen molar-refractivity contribution >= 4 is 12.0 Å². The van der Waals surface area contributed by atoms with E-state index in [2.05, 4.69) is 12.2 Å². The molecule has 1 aliphatic rings. The van der Waals surface area contributed by atoms with E-state index in [1.54, 1.807) is 27.7 Å².